The molecule has 0 radical (unpaired) electrons. The summed E-state index contributed by atoms with van der Waals surface area (Å²) < 4.78 is 6.57. The number of anilines is 1. The molecular formula is C23H23BrN4O3. The second kappa shape index (κ2) is 9.89. The fraction of sp³-hybridized carbons (Fsp3) is 0.261. The lowest BCUT2D eigenvalue weighted by molar-refractivity contribution is -0.139. The number of halogens is 1. The zero-order valence-electron chi connectivity index (χ0n) is 16.9. The summed E-state index contributed by atoms with van der Waals surface area (Å²) in [5, 5.41) is 12.3. The van der Waals surface area contributed by atoms with E-state index in [0.29, 0.717) is 24.9 Å². The van der Waals surface area contributed by atoms with Crippen LogP contribution in [0.1, 0.15) is 22.4 Å². The van der Waals surface area contributed by atoms with Crippen LogP contribution < -0.4 is 10.1 Å². The molecule has 160 valence electrons. The van der Waals surface area contributed by atoms with E-state index in [1.807, 2.05) is 42.5 Å². The highest BCUT2D eigenvalue weighted by atomic mass is 79.9. The molecule has 0 saturated carbocycles. The number of fused-ring (bicyclic) bond motifs is 1. The third-order valence-electron chi connectivity index (χ3n) is 5.05. The van der Waals surface area contributed by atoms with E-state index >= 15 is 0 Å². The predicted octanol–water partition coefficient (Wildman–Crippen LogP) is 3.87. The summed E-state index contributed by atoms with van der Waals surface area (Å²) in [6, 6.07) is 18.2. The van der Waals surface area contributed by atoms with E-state index in [1.165, 1.54) is 5.56 Å². The van der Waals surface area contributed by atoms with Gasteiger partial charge in [-0.3, -0.25) is 4.90 Å². The van der Waals surface area contributed by atoms with Crippen LogP contribution in [-0.4, -0.2) is 39.1 Å². The molecule has 3 aromatic rings. The highest BCUT2D eigenvalue weighted by Gasteiger charge is 2.24. The third-order valence-corrected chi connectivity index (χ3v) is 5.58. The van der Waals surface area contributed by atoms with Gasteiger partial charge in [0.25, 0.3) is 0 Å². The van der Waals surface area contributed by atoms with Gasteiger partial charge >= 0.3 is 5.97 Å². The van der Waals surface area contributed by atoms with Crippen molar-refractivity contribution < 1.29 is 14.6 Å². The minimum Gasteiger partial charge on any atom is -0.479 e. The van der Waals surface area contributed by atoms with Crippen molar-refractivity contribution in [2.75, 3.05) is 18.5 Å². The Kier molecular flexibility index (Phi) is 6.79. The van der Waals surface area contributed by atoms with Crippen LogP contribution in [0.15, 0.2) is 59.1 Å². The zero-order chi connectivity index (χ0) is 21.6. The Bertz CT molecular complexity index is 1040. The first-order valence-electron chi connectivity index (χ1n) is 10.1. The van der Waals surface area contributed by atoms with Gasteiger partial charge in [-0.1, -0.05) is 58.4 Å². The molecule has 8 heteroatoms. The highest BCUT2D eigenvalue weighted by molar-refractivity contribution is 9.10. The first-order valence-corrected chi connectivity index (χ1v) is 10.8. The quantitative estimate of drug-likeness (QED) is 0.503. The molecule has 0 unspecified atom stereocenters. The van der Waals surface area contributed by atoms with Crippen molar-refractivity contribution in [3.8, 4) is 5.88 Å². The normalized spacial score (nSPS) is 13.5. The lowest BCUT2D eigenvalue weighted by Gasteiger charge is -2.29. The van der Waals surface area contributed by atoms with Gasteiger partial charge < -0.3 is 15.2 Å². The maximum absolute atomic E-state index is 11.1. The van der Waals surface area contributed by atoms with Crippen LogP contribution in [0.4, 0.5) is 5.95 Å². The molecule has 2 heterocycles. The molecule has 31 heavy (non-hydrogen) atoms. The molecule has 0 atom stereocenters. The minimum absolute atomic E-state index is 0.337. The van der Waals surface area contributed by atoms with Gasteiger partial charge in [0.1, 0.15) is 0 Å². The van der Waals surface area contributed by atoms with E-state index in [-0.39, 0.29) is 0 Å². The molecule has 0 amide bonds. The van der Waals surface area contributed by atoms with E-state index in [4.69, 9.17) is 9.84 Å². The van der Waals surface area contributed by atoms with E-state index in [0.717, 1.165) is 40.8 Å². The fourth-order valence-electron chi connectivity index (χ4n) is 3.53. The van der Waals surface area contributed by atoms with Gasteiger partial charge in [-0.05, 0) is 23.3 Å². The number of nitrogens with one attached hydrogen (secondary N) is 1. The molecule has 0 spiro atoms. The third kappa shape index (κ3) is 5.80. The maximum atomic E-state index is 11.1. The van der Waals surface area contributed by atoms with E-state index in [9.17, 15) is 4.79 Å². The van der Waals surface area contributed by atoms with Gasteiger partial charge in [0.05, 0.1) is 11.3 Å². The van der Waals surface area contributed by atoms with Crippen LogP contribution in [-0.2, 0) is 30.8 Å². The molecule has 0 saturated heterocycles. The van der Waals surface area contributed by atoms with Gasteiger partial charge in [0.2, 0.25) is 11.8 Å². The Labute approximate surface area is 189 Å². The first kappa shape index (κ1) is 21.3. The molecule has 2 N–H and O–H groups in total. The molecule has 1 aliphatic rings. The molecule has 7 nitrogen and oxygen atoms in total. The fourth-order valence-corrected chi connectivity index (χ4v) is 3.79. The second-order valence-electron chi connectivity index (χ2n) is 7.39. The largest absolute Gasteiger partial charge is 0.479 e. The number of ether oxygens (including phenoxy) is 1. The van der Waals surface area contributed by atoms with Gasteiger partial charge in [-0.15, -0.1) is 0 Å². The Balaban J connectivity index is 1.52. The van der Waals surface area contributed by atoms with Crippen molar-refractivity contribution in [3.63, 3.8) is 0 Å². The van der Waals surface area contributed by atoms with Crippen molar-refractivity contribution in [1.82, 2.24) is 14.9 Å². The summed E-state index contributed by atoms with van der Waals surface area (Å²) in [5.41, 5.74) is 4.08. The Morgan fingerprint density at radius 1 is 1.10 bits per heavy atom. The van der Waals surface area contributed by atoms with Crippen molar-refractivity contribution in [1.29, 1.82) is 0 Å². The smallest absolute Gasteiger partial charge is 0.341 e. The summed E-state index contributed by atoms with van der Waals surface area (Å²) in [7, 11) is 0. The summed E-state index contributed by atoms with van der Waals surface area (Å²) in [5.74, 6) is -0.254. The monoisotopic (exact) mass is 482 g/mol. The second-order valence-corrected chi connectivity index (χ2v) is 8.30. The number of nitrogens with zero attached hydrogens (tertiary/aromatic N) is 3. The zero-order valence-corrected chi connectivity index (χ0v) is 18.5. The number of benzene rings is 2. The van der Waals surface area contributed by atoms with E-state index < -0.39 is 12.6 Å². The van der Waals surface area contributed by atoms with Gasteiger partial charge in [0, 0.05) is 37.1 Å². The summed E-state index contributed by atoms with van der Waals surface area (Å²) >= 11 is 3.43. The summed E-state index contributed by atoms with van der Waals surface area (Å²) in [4.78, 5) is 22.5. The molecule has 1 aromatic heterocycles. The number of aromatic nitrogens is 2. The van der Waals surface area contributed by atoms with Crippen LogP contribution in [0, 0.1) is 0 Å². The lowest BCUT2D eigenvalue weighted by Crippen LogP contribution is -2.32. The number of hydrogen-bond donors (Lipinski definition) is 2. The van der Waals surface area contributed by atoms with E-state index in [1.54, 1.807) is 0 Å². The molecule has 0 bridgehead atoms. The number of aliphatic carboxylic acids is 1. The summed E-state index contributed by atoms with van der Waals surface area (Å²) in [6.45, 7) is 2.41. The first-order chi connectivity index (χ1) is 15.1. The minimum atomic E-state index is -1.03. The Hall–Kier alpha value is -2.97. The lowest BCUT2D eigenvalue weighted by atomic mass is 10.1. The van der Waals surface area contributed by atoms with Crippen LogP contribution in [0.3, 0.4) is 0 Å². The molecule has 0 fully saturated rings. The number of hydrogen-bond acceptors (Lipinski definition) is 6. The Morgan fingerprint density at radius 2 is 1.87 bits per heavy atom. The molecule has 2 aromatic carbocycles. The van der Waals surface area contributed by atoms with Gasteiger partial charge in [-0.2, -0.15) is 4.98 Å². The molecule has 4 rings (SSSR count). The van der Waals surface area contributed by atoms with Crippen LogP contribution in [0.25, 0.3) is 0 Å². The molecule has 1 aliphatic heterocycles. The van der Waals surface area contributed by atoms with Crippen molar-refractivity contribution >= 4 is 27.8 Å². The SMILES string of the molecule is O=C(O)COc1nc(NCc2ccc(Br)cc2)nc2c1CN(Cc1ccccc1)CC2. The standard InChI is InChI=1S/C23H23BrN4O3/c24-18-8-6-16(7-9-18)12-25-23-26-20-10-11-28(13-17-4-2-1-3-5-17)14-19(20)22(27-23)31-15-21(29)30/h1-9H,10-15H2,(H,29,30)(H,25,26,27). The highest BCUT2D eigenvalue weighted by Crippen LogP contribution is 2.28. The van der Waals surface area contributed by atoms with E-state index in [2.05, 4.69) is 48.2 Å². The Morgan fingerprint density at radius 3 is 2.61 bits per heavy atom. The van der Waals surface area contributed by atoms with Crippen LogP contribution in [0.5, 0.6) is 5.88 Å². The number of carbonyl (C=O) groups is 1. The van der Waals surface area contributed by atoms with Gasteiger partial charge in [-0.25, -0.2) is 9.78 Å². The molecular weight excluding hydrogens is 460 g/mol. The van der Waals surface area contributed by atoms with Crippen molar-refractivity contribution in [2.45, 2.75) is 26.1 Å². The van der Waals surface area contributed by atoms with Crippen LogP contribution in [0.2, 0.25) is 0 Å². The number of carboxylic acid groups (broad SMARTS) is 1. The average molecular weight is 483 g/mol. The predicted molar refractivity (Wildman–Crippen MR) is 121 cm³/mol. The van der Waals surface area contributed by atoms with Gasteiger partial charge in [0.15, 0.2) is 6.61 Å². The van der Waals surface area contributed by atoms with Crippen molar-refractivity contribution in [3.05, 3.63) is 81.5 Å². The van der Waals surface area contributed by atoms with Crippen LogP contribution >= 0.6 is 15.9 Å². The van der Waals surface area contributed by atoms with Crippen molar-refractivity contribution in [2.24, 2.45) is 0 Å². The average Bonchev–Trinajstić information content (AvgIpc) is 2.78. The number of rotatable bonds is 8. The summed E-state index contributed by atoms with van der Waals surface area (Å²) in [6.07, 6.45) is 0.751. The maximum Gasteiger partial charge on any atom is 0.341 e. The molecule has 0 aliphatic carbocycles. The topological polar surface area (TPSA) is 87.6 Å². The number of carboxylic acids is 1.